The molecule has 0 rings (SSSR count). The van der Waals surface area contributed by atoms with Crippen molar-refractivity contribution in [2.75, 3.05) is 13.3 Å². The van der Waals surface area contributed by atoms with Gasteiger partial charge in [0.2, 0.25) is 5.83 Å². The number of alkyl carbamates (subject to hydrolysis) is 1. The highest BCUT2D eigenvalue weighted by Gasteiger charge is 2.45. The molecule has 0 radical (unpaired) electrons. The fourth-order valence-electron chi connectivity index (χ4n) is 0.514. The summed E-state index contributed by atoms with van der Waals surface area (Å²) in [6.45, 7) is -0.306. The number of nitrogens with one attached hydrogen (secondary N) is 1. The van der Waals surface area contributed by atoms with E-state index >= 15 is 0 Å². The minimum atomic E-state index is -5.73. The largest absolute Gasteiger partial charge is 0.442 e. The van der Waals surface area contributed by atoms with Crippen molar-refractivity contribution < 1.29 is 45.2 Å². The molecule has 0 saturated heterocycles. The number of amides is 1. The fourth-order valence-corrected chi connectivity index (χ4v) is 0.722. The van der Waals surface area contributed by atoms with Crippen LogP contribution in [0.5, 0.6) is 0 Å². The van der Waals surface area contributed by atoms with Crippen LogP contribution >= 0.6 is 0 Å². The first-order valence-electron chi connectivity index (χ1n) is 4.24. The Morgan fingerprint density at radius 1 is 1.32 bits per heavy atom. The van der Waals surface area contributed by atoms with Crippen LogP contribution in [0.4, 0.5) is 18.0 Å². The maximum atomic E-state index is 12.6. The van der Waals surface area contributed by atoms with Gasteiger partial charge in [0.15, 0.2) is 13.3 Å². The molecule has 0 atom stereocenters. The number of carbonyl (C=O) groups excluding carboxylic acids is 2. The van der Waals surface area contributed by atoms with Crippen LogP contribution in [-0.2, 0) is 24.4 Å². The molecule has 0 fully saturated rings. The predicted molar refractivity (Wildman–Crippen MR) is 52.2 cm³/mol. The lowest BCUT2D eigenvalue weighted by Crippen LogP contribution is -2.37. The lowest BCUT2D eigenvalue weighted by atomic mass is 10.6. The quantitative estimate of drug-likeness (QED) is 0.311. The first-order valence-corrected chi connectivity index (χ1v) is 5.68. The summed E-state index contributed by atoms with van der Waals surface area (Å²) >= 11 is 0. The number of rotatable bonds is 6. The van der Waals surface area contributed by atoms with Gasteiger partial charge in [0, 0.05) is 0 Å². The van der Waals surface area contributed by atoms with Crippen LogP contribution in [0, 0.1) is 0 Å². The predicted octanol–water partition coefficient (Wildman–Crippen LogP) is 0.177. The maximum absolute atomic E-state index is 12.6. The van der Waals surface area contributed by atoms with Crippen molar-refractivity contribution in [2.24, 2.45) is 0 Å². The summed E-state index contributed by atoms with van der Waals surface area (Å²) in [4.78, 5) is 21.2. The van der Waals surface area contributed by atoms with Crippen molar-refractivity contribution in [3.05, 3.63) is 12.4 Å². The Balaban J connectivity index is 4.08. The van der Waals surface area contributed by atoms with Gasteiger partial charge >= 0.3 is 27.4 Å². The molecule has 0 aliphatic heterocycles. The van der Waals surface area contributed by atoms with Gasteiger partial charge in [0.25, 0.3) is 0 Å². The van der Waals surface area contributed by atoms with Crippen LogP contribution in [0.2, 0.25) is 0 Å². The van der Waals surface area contributed by atoms with Crippen LogP contribution in [0.15, 0.2) is 12.4 Å². The first kappa shape index (κ1) is 17.2. The normalized spacial score (nSPS) is 11.6. The minimum absolute atomic E-state index is 0.919. The van der Waals surface area contributed by atoms with Crippen LogP contribution in [0.1, 0.15) is 0 Å². The van der Waals surface area contributed by atoms with E-state index in [1.165, 1.54) is 0 Å². The Labute approximate surface area is 104 Å². The second kappa shape index (κ2) is 6.38. The highest BCUT2D eigenvalue weighted by molar-refractivity contribution is 7.86. The number of hydrogen-bond donors (Lipinski definition) is 2. The van der Waals surface area contributed by atoms with Gasteiger partial charge in [-0.2, -0.15) is 21.6 Å². The number of ether oxygens (including phenoxy) is 2. The molecule has 19 heavy (non-hydrogen) atoms. The van der Waals surface area contributed by atoms with E-state index in [4.69, 9.17) is 4.55 Å². The number of alkyl halides is 2. The van der Waals surface area contributed by atoms with Gasteiger partial charge in [-0.3, -0.25) is 9.87 Å². The molecule has 0 aromatic carbocycles. The second-order valence-electron chi connectivity index (χ2n) is 2.85. The third-order valence-electron chi connectivity index (χ3n) is 1.39. The van der Waals surface area contributed by atoms with Crippen molar-refractivity contribution in [1.82, 2.24) is 5.32 Å². The van der Waals surface area contributed by atoms with Gasteiger partial charge in [0.05, 0.1) is 0 Å². The third kappa shape index (κ3) is 6.05. The molecule has 8 nitrogen and oxygen atoms in total. The Morgan fingerprint density at radius 2 is 1.84 bits per heavy atom. The van der Waals surface area contributed by atoms with Gasteiger partial charge in [0.1, 0.15) is 0 Å². The van der Waals surface area contributed by atoms with Gasteiger partial charge in [-0.1, -0.05) is 6.58 Å². The van der Waals surface area contributed by atoms with E-state index in [0.717, 1.165) is 0 Å². The molecule has 0 saturated carbocycles. The summed E-state index contributed by atoms with van der Waals surface area (Å²) in [5.74, 6) is -2.95. The Bertz CT molecular complexity index is 475. The average molecular weight is 307 g/mol. The smallest absolute Gasteiger partial charge is 0.410 e. The Hall–Kier alpha value is -1.82. The zero-order valence-electron chi connectivity index (χ0n) is 9.06. The fraction of sp³-hybridized carbons (Fsp3) is 0.429. The van der Waals surface area contributed by atoms with E-state index in [1.54, 1.807) is 5.32 Å². The minimum Gasteiger partial charge on any atom is -0.442 e. The van der Waals surface area contributed by atoms with Gasteiger partial charge in [-0.15, -0.1) is 0 Å². The average Bonchev–Trinajstić information content (AvgIpc) is 2.24. The molecule has 2 N–H and O–H groups in total. The highest BCUT2D eigenvalue weighted by Crippen LogP contribution is 2.20. The van der Waals surface area contributed by atoms with Crippen LogP contribution < -0.4 is 5.32 Å². The molecule has 110 valence electrons. The van der Waals surface area contributed by atoms with Crippen molar-refractivity contribution in [1.29, 1.82) is 0 Å². The molecule has 0 heterocycles. The molecule has 0 spiro atoms. The zero-order chi connectivity index (χ0) is 15.3. The van der Waals surface area contributed by atoms with Crippen molar-refractivity contribution in [3.63, 3.8) is 0 Å². The van der Waals surface area contributed by atoms with Crippen molar-refractivity contribution in [3.8, 4) is 0 Å². The second-order valence-corrected chi connectivity index (χ2v) is 4.39. The van der Waals surface area contributed by atoms with E-state index < -0.39 is 46.6 Å². The van der Waals surface area contributed by atoms with Crippen LogP contribution in [-0.4, -0.2) is 43.6 Å². The molecule has 0 bridgehead atoms. The van der Waals surface area contributed by atoms with E-state index in [1.807, 2.05) is 0 Å². The van der Waals surface area contributed by atoms with Crippen LogP contribution in [0.3, 0.4) is 0 Å². The monoisotopic (exact) mass is 307 g/mol. The summed E-state index contributed by atoms with van der Waals surface area (Å²) in [6, 6.07) is 0. The summed E-state index contributed by atoms with van der Waals surface area (Å²) in [7, 11) is -5.73. The summed E-state index contributed by atoms with van der Waals surface area (Å²) < 4.78 is 73.2. The standard InChI is InChI=1S/C7H8F3NO7S/c1-4(8)5(12)18-3-11-6(13)17-2-7(9,10)19(14,15)16/h1-3H2,(H,11,13)(H,14,15,16). The number of esters is 1. The van der Waals surface area contributed by atoms with Crippen molar-refractivity contribution >= 4 is 22.2 Å². The Morgan fingerprint density at radius 3 is 2.26 bits per heavy atom. The van der Waals surface area contributed by atoms with E-state index in [9.17, 15) is 31.2 Å². The molecule has 0 aliphatic rings. The lowest BCUT2D eigenvalue weighted by Gasteiger charge is -2.13. The van der Waals surface area contributed by atoms with E-state index in [0.29, 0.717) is 0 Å². The summed E-state index contributed by atoms with van der Waals surface area (Å²) in [5, 5.41) is -3.12. The number of hydrogen-bond acceptors (Lipinski definition) is 6. The molecule has 0 aromatic rings. The SMILES string of the molecule is C=C(F)C(=O)OCNC(=O)OCC(F)(F)S(=O)(=O)O. The summed E-state index contributed by atoms with van der Waals surface area (Å²) in [6.07, 6.45) is -1.58. The van der Waals surface area contributed by atoms with E-state index in [2.05, 4.69) is 16.1 Å². The van der Waals surface area contributed by atoms with Crippen molar-refractivity contribution in [2.45, 2.75) is 5.25 Å². The number of halogens is 3. The molecular formula is C7H8F3NO7S. The molecule has 0 aliphatic carbocycles. The molecule has 1 amide bonds. The highest BCUT2D eigenvalue weighted by atomic mass is 32.2. The maximum Gasteiger partial charge on any atom is 0.410 e. The van der Waals surface area contributed by atoms with Gasteiger partial charge < -0.3 is 9.47 Å². The number of carbonyl (C=O) groups is 2. The zero-order valence-corrected chi connectivity index (χ0v) is 9.88. The topological polar surface area (TPSA) is 119 Å². The molecule has 0 unspecified atom stereocenters. The lowest BCUT2D eigenvalue weighted by molar-refractivity contribution is -0.141. The summed E-state index contributed by atoms with van der Waals surface area (Å²) in [5.41, 5.74) is 0. The third-order valence-corrected chi connectivity index (χ3v) is 2.26. The molecular weight excluding hydrogens is 299 g/mol. The molecule has 12 heteroatoms. The van der Waals surface area contributed by atoms with Gasteiger partial charge in [-0.25, -0.2) is 9.59 Å². The van der Waals surface area contributed by atoms with Crippen LogP contribution in [0.25, 0.3) is 0 Å². The van der Waals surface area contributed by atoms with Gasteiger partial charge in [-0.05, 0) is 0 Å². The molecule has 0 aromatic heterocycles. The van der Waals surface area contributed by atoms with E-state index in [-0.39, 0.29) is 0 Å². The Kier molecular flexibility index (Phi) is 5.77. The first-order chi connectivity index (χ1) is 8.47.